The second-order valence-corrected chi connectivity index (χ2v) is 5.09. The zero-order chi connectivity index (χ0) is 15.6. The molecule has 1 atom stereocenters. The van der Waals surface area contributed by atoms with Gasteiger partial charge in [-0.3, -0.25) is 4.79 Å². The zero-order valence-electron chi connectivity index (χ0n) is 11.6. The van der Waals surface area contributed by atoms with E-state index in [-0.39, 0.29) is 17.4 Å². The Bertz CT molecular complexity index is 531. The molecular formula is C14H17F3N2O2. The number of ether oxygens (including phenoxy) is 1. The van der Waals surface area contributed by atoms with Gasteiger partial charge in [0.05, 0.1) is 11.7 Å². The summed E-state index contributed by atoms with van der Waals surface area (Å²) in [5.41, 5.74) is 3.97. The number of anilines is 1. The number of carbonyl (C=O) groups excluding carboxylic acids is 1. The van der Waals surface area contributed by atoms with Crippen molar-refractivity contribution in [2.75, 3.05) is 25.4 Å². The van der Waals surface area contributed by atoms with E-state index in [0.717, 1.165) is 12.1 Å². The molecule has 0 radical (unpaired) electrons. The van der Waals surface area contributed by atoms with Gasteiger partial charge in [-0.05, 0) is 31.5 Å². The molecule has 2 rings (SSSR count). The first-order chi connectivity index (χ1) is 9.79. The molecule has 0 spiro atoms. The number of nitrogens with two attached hydrogens (primary N) is 1. The molecular weight excluding hydrogens is 285 g/mol. The molecule has 0 saturated carbocycles. The molecule has 2 N–H and O–H groups in total. The average molecular weight is 302 g/mol. The number of rotatable bonds is 1. The lowest BCUT2D eigenvalue weighted by molar-refractivity contribution is -0.136. The number of benzene rings is 1. The Kier molecular flexibility index (Phi) is 4.41. The Morgan fingerprint density at radius 3 is 2.81 bits per heavy atom. The van der Waals surface area contributed by atoms with Crippen LogP contribution < -0.4 is 5.73 Å². The second kappa shape index (κ2) is 5.93. The lowest BCUT2D eigenvalue weighted by atomic mass is 10.1. The SMILES string of the molecule is CC1CN(C(=O)c2ccc(N)c(C(F)(F)F)c2)CCCO1. The van der Waals surface area contributed by atoms with Crippen molar-refractivity contribution >= 4 is 11.6 Å². The summed E-state index contributed by atoms with van der Waals surface area (Å²) in [6.07, 6.45) is -4.04. The fourth-order valence-corrected chi connectivity index (χ4v) is 2.30. The first kappa shape index (κ1) is 15.6. The minimum atomic E-state index is -4.57. The van der Waals surface area contributed by atoms with Crippen LogP contribution in [-0.2, 0) is 10.9 Å². The molecule has 1 aliphatic rings. The number of alkyl halides is 3. The first-order valence-corrected chi connectivity index (χ1v) is 6.66. The van der Waals surface area contributed by atoms with Crippen LogP contribution in [0, 0.1) is 0 Å². The van der Waals surface area contributed by atoms with Crippen LogP contribution in [0.25, 0.3) is 0 Å². The number of hydrogen-bond donors (Lipinski definition) is 1. The highest BCUT2D eigenvalue weighted by Crippen LogP contribution is 2.34. The van der Waals surface area contributed by atoms with E-state index in [2.05, 4.69) is 0 Å². The van der Waals surface area contributed by atoms with Crippen molar-refractivity contribution in [3.63, 3.8) is 0 Å². The Morgan fingerprint density at radius 1 is 1.43 bits per heavy atom. The Morgan fingerprint density at radius 2 is 2.14 bits per heavy atom. The third kappa shape index (κ3) is 3.66. The zero-order valence-corrected chi connectivity index (χ0v) is 11.6. The maximum atomic E-state index is 12.8. The van der Waals surface area contributed by atoms with Crippen LogP contribution in [0.4, 0.5) is 18.9 Å². The van der Waals surface area contributed by atoms with Crippen LogP contribution in [0.3, 0.4) is 0 Å². The fourth-order valence-electron chi connectivity index (χ4n) is 2.30. The summed E-state index contributed by atoms with van der Waals surface area (Å²) in [5.74, 6) is -0.433. The average Bonchev–Trinajstić information content (AvgIpc) is 2.62. The van der Waals surface area contributed by atoms with E-state index in [1.54, 1.807) is 0 Å². The predicted octanol–water partition coefficient (Wildman–Crippen LogP) is 2.54. The van der Waals surface area contributed by atoms with Gasteiger partial charge in [0.1, 0.15) is 0 Å². The number of nitrogens with zero attached hydrogens (tertiary/aromatic N) is 1. The highest BCUT2D eigenvalue weighted by molar-refractivity contribution is 5.95. The highest BCUT2D eigenvalue weighted by atomic mass is 19.4. The molecule has 1 aliphatic heterocycles. The van der Waals surface area contributed by atoms with Crippen molar-refractivity contribution in [3.8, 4) is 0 Å². The number of nitrogen functional groups attached to an aromatic ring is 1. The van der Waals surface area contributed by atoms with Gasteiger partial charge in [-0.2, -0.15) is 13.2 Å². The lowest BCUT2D eigenvalue weighted by Crippen LogP contribution is -2.36. The van der Waals surface area contributed by atoms with Gasteiger partial charge in [0, 0.05) is 30.9 Å². The number of halogens is 3. The Labute approximate surface area is 120 Å². The normalized spacial score (nSPS) is 20.2. The van der Waals surface area contributed by atoms with Crippen molar-refractivity contribution in [2.45, 2.75) is 25.6 Å². The first-order valence-electron chi connectivity index (χ1n) is 6.66. The van der Waals surface area contributed by atoms with E-state index < -0.39 is 17.6 Å². The monoisotopic (exact) mass is 302 g/mol. The predicted molar refractivity (Wildman–Crippen MR) is 71.8 cm³/mol. The Balaban J connectivity index is 2.27. The van der Waals surface area contributed by atoms with Crippen LogP contribution in [0.2, 0.25) is 0 Å². The van der Waals surface area contributed by atoms with Crippen LogP contribution in [0.1, 0.15) is 29.3 Å². The van der Waals surface area contributed by atoms with Gasteiger partial charge in [-0.15, -0.1) is 0 Å². The minimum absolute atomic E-state index is 0.00868. The van der Waals surface area contributed by atoms with E-state index in [1.165, 1.54) is 11.0 Å². The van der Waals surface area contributed by atoms with Crippen LogP contribution in [0.5, 0.6) is 0 Å². The van der Waals surface area contributed by atoms with Crippen molar-refractivity contribution in [1.29, 1.82) is 0 Å². The Hall–Kier alpha value is -1.76. The quantitative estimate of drug-likeness (QED) is 0.811. The molecule has 116 valence electrons. The van der Waals surface area contributed by atoms with Gasteiger partial charge in [0.25, 0.3) is 5.91 Å². The van der Waals surface area contributed by atoms with E-state index in [0.29, 0.717) is 26.1 Å². The van der Waals surface area contributed by atoms with Gasteiger partial charge >= 0.3 is 6.18 Å². The van der Waals surface area contributed by atoms with Gasteiger partial charge in [0.2, 0.25) is 0 Å². The number of hydrogen-bond acceptors (Lipinski definition) is 3. The van der Waals surface area contributed by atoms with Crippen molar-refractivity contribution in [2.24, 2.45) is 0 Å². The smallest absolute Gasteiger partial charge is 0.398 e. The standard InChI is InChI=1S/C14H17F3N2O2/c1-9-8-19(5-2-6-21-9)13(20)10-3-4-12(18)11(7-10)14(15,16)17/h3-4,7,9H,2,5-6,8,18H2,1H3. The van der Waals surface area contributed by atoms with E-state index >= 15 is 0 Å². The summed E-state index contributed by atoms with van der Waals surface area (Å²) >= 11 is 0. The molecule has 1 amide bonds. The molecule has 1 heterocycles. The van der Waals surface area contributed by atoms with Crippen LogP contribution >= 0.6 is 0 Å². The van der Waals surface area contributed by atoms with Crippen molar-refractivity contribution in [3.05, 3.63) is 29.3 Å². The summed E-state index contributed by atoms with van der Waals surface area (Å²) in [7, 11) is 0. The molecule has 7 heteroatoms. The fraction of sp³-hybridized carbons (Fsp3) is 0.500. The molecule has 1 aromatic carbocycles. The van der Waals surface area contributed by atoms with Gasteiger partial charge in [-0.25, -0.2) is 0 Å². The van der Waals surface area contributed by atoms with Crippen LogP contribution in [-0.4, -0.2) is 36.6 Å². The van der Waals surface area contributed by atoms with E-state index in [1.807, 2.05) is 6.92 Å². The molecule has 21 heavy (non-hydrogen) atoms. The summed E-state index contributed by atoms with van der Waals surface area (Å²) in [4.78, 5) is 13.9. The molecule has 0 bridgehead atoms. The van der Waals surface area contributed by atoms with Gasteiger partial charge < -0.3 is 15.4 Å². The second-order valence-electron chi connectivity index (χ2n) is 5.09. The summed E-state index contributed by atoms with van der Waals surface area (Å²) < 4.78 is 43.9. The molecule has 0 aromatic heterocycles. The summed E-state index contributed by atoms with van der Waals surface area (Å²) in [6, 6.07) is 3.26. The maximum Gasteiger partial charge on any atom is 0.418 e. The van der Waals surface area contributed by atoms with Crippen LogP contribution in [0.15, 0.2) is 18.2 Å². The molecule has 0 aliphatic carbocycles. The lowest BCUT2D eigenvalue weighted by Gasteiger charge is -2.22. The topological polar surface area (TPSA) is 55.6 Å². The van der Waals surface area contributed by atoms with E-state index in [4.69, 9.17) is 10.5 Å². The maximum absolute atomic E-state index is 12.8. The molecule has 1 fully saturated rings. The summed E-state index contributed by atoms with van der Waals surface area (Å²) in [5, 5.41) is 0. The number of amides is 1. The van der Waals surface area contributed by atoms with Gasteiger partial charge in [-0.1, -0.05) is 0 Å². The minimum Gasteiger partial charge on any atom is -0.398 e. The number of carbonyl (C=O) groups is 1. The van der Waals surface area contributed by atoms with E-state index in [9.17, 15) is 18.0 Å². The third-order valence-corrected chi connectivity index (χ3v) is 3.35. The van der Waals surface area contributed by atoms with Gasteiger partial charge in [0.15, 0.2) is 0 Å². The van der Waals surface area contributed by atoms with Crippen molar-refractivity contribution < 1.29 is 22.7 Å². The largest absolute Gasteiger partial charge is 0.418 e. The summed E-state index contributed by atoms with van der Waals surface area (Å²) in [6.45, 7) is 3.20. The van der Waals surface area contributed by atoms with Crippen molar-refractivity contribution in [1.82, 2.24) is 4.90 Å². The molecule has 4 nitrogen and oxygen atoms in total. The molecule has 1 saturated heterocycles. The molecule has 1 aromatic rings. The highest BCUT2D eigenvalue weighted by Gasteiger charge is 2.34. The molecule has 1 unspecified atom stereocenters. The third-order valence-electron chi connectivity index (χ3n) is 3.35.